The standard InChI is InChI=1S/C13H14N2O2/c1-2-7-15-13(17)11(9-14)8-10-5-3-4-6-12(10)16/h3-6,8,16H,2,7H2,1H3,(H,15,17)/b11-8+. The van der Waals surface area contributed by atoms with Crippen LogP contribution in [0.5, 0.6) is 5.75 Å². The summed E-state index contributed by atoms with van der Waals surface area (Å²) < 4.78 is 0. The molecule has 4 heteroatoms. The molecule has 0 fully saturated rings. The normalized spacial score (nSPS) is 10.7. The molecule has 0 aliphatic carbocycles. The summed E-state index contributed by atoms with van der Waals surface area (Å²) in [6.07, 6.45) is 2.18. The summed E-state index contributed by atoms with van der Waals surface area (Å²) in [4.78, 5) is 11.6. The van der Waals surface area contributed by atoms with Crippen LogP contribution >= 0.6 is 0 Å². The molecular weight excluding hydrogens is 216 g/mol. The Labute approximate surface area is 100 Å². The van der Waals surface area contributed by atoms with Crippen LogP contribution in [0.25, 0.3) is 6.08 Å². The Morgan fingerprint density at radius 1 is 1.53 bits per heavy atom. The number of hydrogen-bond acceptors (Lipinski definition) is 3. The number of para-hydroxylation sites is 1. The predicted octanol–water partition coefficient (Wildman–Crippen LogP) is 1.83. The van der Waals surface area contributed by atoms with Crippen LogP contribution in [0.3, 0.4) is 0 Å². The molecule has 0 unspecified atom stereocenters. The number of carbonyl (C=O) groups is 1. The molecule has 0 heterocycles. The van der Waals surface area contributed by atoms with Crippen molar-refractivity contribution in [1.82, 2.24) is 5.32 Å². The third-order valence-corrected chi connectivity index (χ3v) is 2.14. The summed E-state index contributed by atoms with van der Waals surface area (Å²) in [5, 5.41) is 21.0. The van der Waals surface area contributed by atoms with E-state index in [9.17, 15) is 9.90 Å². The maximum atomic E-state index is 11.6. The number of hydrogen-bond donors (Lipinski definition) is 2. The molecule has 1 amide bonds. The molecule has 1 aromatic rings. The lowest BCUT2D eigenvalue weighted by Crippen LogP contribution is -2.25. The Bertz CT molecular complexity index is 473. The second-order valence-corrected chi connectivity index (χ2v) is 3.48. The fourth-order valence-electron chi connectivity index (χ4n) is 1.25. The predicted molar refractivity (Wildman–Crippen MR) is 65.0 cm³/mol. The topological polar surface area (TPSA) is 73.1 Å². The molecular formula is C13H14N2O2. The molecule has 0 saturated heterocycles. The molecule has 88 valence electrons. The van der Waals surface area contributed by atoms with Crippen LogP contribution in [0.4, 0.5) is 0 Å². The van der Waals surface area contributed by atoms with E-state index >= 15 is 0 Å². The maximum Gasteiger partial charge on any atom is 0.261 e. The van der Waals surface area contributed by atoms with E-state index in [-0.39, 0.29) is 11.3 Å². The van der Waals surface area contributed by atoms with Crippen LogP contribution in [-0.4, -0.2) is 17.6 Å². The second kappa shape index (κ2) is 6.33. The van der Waals surface area contributed by atoms with Gasteiger partial charge >= 0.3 is 0 Å². The van der Waals surface area contributed by atoms with Gasteiger partial charge in [-0.25, -0.2) is 0 Å². The van der Waals surface area contributed by atoms with Crippen LogP contribution in [0.1, 0.15) is 18.9 Å². The highest BCUT2D eigenvalue weighted by Gasteiger charge is 2.08. The van der Waals surface area contributed by atoms with Gasteiger partial charge in [0.1, 0.15) is 17.4 Å². The van der Waals surface area contributed by atoms with Gasteiger partial charge < -0.3 is 10.4 Å². The molecule has 0 saturated carbocycles. The summed E-state index contributed by atoms with van der Waals surface area (Å²) in [5.41, 5.74) is 0.440. The van der Waals surface area contributed by atoms with Gasteiger partial charge in [-0.15, -0.1) is 0 Å². The van der Waals surface area contributed by atoms with Gasteiger partial charge in [-0.2, -0.15) is 5.26 Å². The lowest BCUT2D eigenvalue weighted by molar-refractivity contribution is -0.117. The molecule has 0 atom stereocenters. The highest BCUT2D eigenvalue weighted by molar-refractivity contribution is 6.01. The van der Waals surface area contributed by atoms with Crippen LogP contribution in [0, 0.1) is 11.3 Å². The molecule has 0 spiro atoms. The summed E-state index contributed by atoms with van der Waals surface area (Å²) in [6.45, 7) is 2.46. The summed E-state index contributed by atoms with van der Waals surface area (Å²) >= 11 is 0. The van der Waals surface area contributed by atoms with Crippen LogP contribution in [-0.2, 0) is 4.79 Å². The van der Waals surface area contributed by atoms with Crippen molar-refractivity contribution < 1.29 is 9.90 Å². The number of benzene rings is 1. The van der Waals surface area contributed by atoms with Crippen molar-refractivity contribution in [2.24, 2.45) is 0 Å². The SMILES string of the molecule is CCCNC(=O)/C(C#N)=C/c1ccccc1O. The van der Waals surface area contributed by atoms with Crippen LogP contribution in [0.15, 0.2) is 29.8 Å². The van der Waals surface area contributed by atoms with Gasteiger partial charge in [0.2, 0.25) is 0 Å². The fourth-order valence-corrected chi connectivity index (χ4v) is 1.25. The summed E-state index contributed by atoms with van der Waals surface area (Å²) in [6, 6.07) is 8.37. The maximum absolute atomic E-state index is 11.6. The number of nitrogens with one attached hydrogen (secondary N) is 1. The minimum atomic E-state index is -0.419. The van der Waals surface area contributed by atoms with Gasteiger partial charge in [-0.3, -0.25) is 4.79 Å². The Kier molecular flexibility index (Phi) is 4.77. The first kappa shape index (κ1) is 12.8. The lowest BCUT2D eigenvalue weighted by atomic mass is 10.1. The van der Waals surface area contributed by atoms with Gasteiger partial charge in [0, 0.05) is 12.1 Å². The number of rotatable bonds is 4. The first-order valence-corrected chi connectivity index (χ1v) is 5.37. The smallest absolute Gasteiger partial charge is 0.261 e. The number of carbonyl (C=O) groups excluding carboxylic acids is 1. The number of phenols is 1. The Morgan fingerprint density at radius 2 is 2.24 bits per heavy atom. The molecule has 0 aliphatic heterocycles. The van der Waals surface area contributed by atoms with E-state index in [0.717, 1.165) is 6.42 Å². The molecule has 0 radical (unpaired) electrons. The number of amides is 1. The molecule has 1 rings (SSSR count). The highest BCUT2D eigenvalue weighted by atomic mass is 16.3. The van der Waals surface area contributed by atoms with Gasteiger partial charge in [-0.05, 0) is 18.6 Å². The quantitative estimate of drug-likeness (QED) is 0.612. The van der Waals surface area contributed by atoms with Crippen molar-refractivity contribution >= 4 is 12.0 Å². The van der Waals surface area contributed by atoms with E-state index in [4.69, 9.17) is 5.26 Å². The fraction of sp³-hybridized carbons (Fsp3) is 0.231. The average Bonchev–Trinajstić information content (AvgIpc) is 2.35. The molecule has 1 aromatic carbocycles. The van der Waals surface area contributed by atoms with E-state index in [0.29, 0.717) is 12.1 Å². The molecule has 0 bridgehead atoms. The summed E-state index contributed by atoms with van der Waals surface area (Å²) in [5.74, 6) is -0.374. The number of nitrogens with zero attached hydrogens (tertiary/aromatic N) is 1. The van der Waals surface area contributed by atoms with Crippen LogP contribution in [0.2, 0.25) is 0 Å². The van der Waals surface area contributed by atoms with E-state index in [1.54, 1.807) is 18.2 Å². The van der Waals surface area contributed by atoms with Crippen molar-refractivity contribution in [3.8, 4) is 11.8 Å². The average molecular weight is 230 g/mol. The third kappa shape index (κ3) is 3.65. The van der Waals surface area contributed by atoms with Crippen molar-refractivity contribution in [1.29, 1.82) is 5.26 Å². The monoisotopic (exact) mass is 230 g/mol. The first-order chi connectivity index (χ1) is 8.19. The number of aromatic hydroxyl groups is 1. The zero-order valence-electron chi connectivity index (χ0n) is 9.60. The zero-order chi connectivity index (χ0) is 12.7. The Balaban J connectivity index is 2.92. The van der Waals surface area contributed by atoms with E-state index in [2.05, 4.69) is 5.32 Å². The van der Waals surface area contributed by atoms with E-state index in [1.165, 1.54) is 12.1 Å². The van der Waals surface area contributed by atoms with Gasteiger partial charge in [0.25, 0.3) is 5.91 Å². The Morgan fingerprint density at radius 3 is 2.82 bits per heavy atom. The second-order valence-electron chi connectivity index (χ2n) is 3.48. The molecule has 4 nitrogen and oxygen atoms in total. The van der Waals surface area contributed by atoms with Crippen molar-refractivity contribution in [2.45, 2.75) is 13.3 Å². The van der Waals surface area contributed by atoms with Gasteiger partial charge in [0.15, 0.2) is 0 Å². The highest BCUT2D eigenvalue weighted by Crippen LogP contribution is 2.18. The summed E-state index contributed by atoms with van der Waals surface area (Å²) in [7, 11) is 0. The van der Waals surface area contributed by atoms with Gasteiger partial charge in [-0.1, -0.05) is 25.1 Å². The van der Waals surface area contributed by atoms with Crippen molar-refractivity contribution in [3.63, 3.8) is 0 Å². The largest absolute Gasteiger partial charge is 0.507 e. The van der Waals surface area contributed by atoms with Crippen molar-refractivity contribution in [3.05, 3.63) is 35.4 Å². The minimum absolute atomic E-state index is 0.0139. The van der Waals surface area contributed by atoms with E-state index in [1.807, 2.05) is 13.0 Å². The van der Waals surface area contributed by atoms with Crippen LogP contribution < -0.4 is 5.32 Å². The van der Waals surface area contributed by atoms with Crippen molar-refractivity contribution in [2.75, 3.05) is 6.54 Å². The number of nitriles is 1. The van der Waals surface area contributed by atoms with E-state index < -0.39 is 5.91 Å². The lowest BCUT2D eigenvalue weighted by Gasteiger charge is -2.02. The van der Waals surface area contributed by atoms with Gasteiger partial charge in [0.05, 0.1) is 0 Å². The molecule has 0 aliphatic rings. The Hall–Kier alpha value is -2.28. The first-order valence-electron chi connectivity index (χ1n) is 5.37. The number of phenolic OH excluding ortho intramolecular Hbond substituents is 1. The zero-order valence-corrected chi connectivity index (χ0v) is 9.60. The molecule has 0 aromatic heterocycles. The molecule has 2 N–H and O–H groups in total. The third-order valence-electron chi connectivity index (χ3n) is 2.14. The minimum Gasteiger partial charge on any atom is -0.507 e. The molecule has 17 heavy (non-hydrogen) atoms.